The highest BCUT2D eigenvalue weighted by Crippen LogP contribution is 2.26. The Labute approximate surface area is 154 Å². The van der Waals surface area contributed by atoms with Gasteiger partial charge in [-0.05, 0) is 24.9 Å². The quantitative estimate of drug-likeness (QED) is 0.739. The number of nitrogens with one attached hydrogen (secondary N) is 2. The molecule has 1 fully saturated rings. The Balaban J connectivity index is 1.55. The zero-order valence-corrected chi connectivity index (χ0v) is 15.2. The maximum absolute atomic E-state index is 12.3. The van der Waals surface area contributed by atoms with Crippen LogP contribution in [0.3, 0.4) is 0 Å². The van der Waals surface area contributed by atoms with Crippen molar-refractivity contribution in [2.75, 3.05) is 31.6 Å². The molecular weight excluding hydrogens is 330 g/mol. The highest BCUT2D eigenvalue weighted by Gasteiger charge is 2.21. The van der Waals surface area contributed by atoms with E-state index < -0.39 is 0 Å². The predicted molar refractivity (Wildman–Crippen MR) is 102 cm³/mol. The molecule has 0 aliphatic carbocycles. The Morgan fingerprint density at radius 1 is 1.31 bits per heavy atom. The van der Waals surface area contributed by atoms with E-state index in [1.807, 2.05) is 37.4 Å². The Bertz CT molecular complexity index is 716. The average Bonchev–Trinajstić information content (AvgIpc) is 3.03. The van der Waals surface area contributed by atoms with Gasteiger partial charge in [-0.3, -0.25) is 14.9 Å². The summed E-state index contributed by atoms with van der Waals surface area (Å²) in [6.45, 7) is 2.45. The fourth-order valence-corrected chi connectivity index (χ4v) is 3.44. The highest BCUT2D eigenvalue weighted by atomic mass is 16.3. The number of piperidine rings is 1. The number of anilines is 1. The Morgan fingerprint density at radius 3 is 2.88 bits per heavy atom. The first-order valence-electron chi connectivity index (χ1n) is 9.16. The lowest BCUT2D eigenvalue weighted by molar-refractivity contribution is 0.0917. The number of aryl methyl sites for hydroxylation is 1. The number of amides is 2. The van der Waals surface area contributed by atoms with Crippen LogP contribution in [0.15, 0.2) is 36.5 Å². The lowest BCUT2D eigenvalue weighted by Gasteiger charge is -2.34. The van der Waals surface area contributed by atoms with Gasteiger partial charge >= 0.3 is 6.03 Å². The van der Waals surface area contributed by atoms with Crippen molar-refractivity contribution in [1.82, 2.24) is 20.0 Å². The fourth-order valence-electron chi connectivity index (χ4n) is 3.44. The largest absolute Gasteiger partial charge is 0.395 e. The number of aliphatic hydroxyl groups is 1. The summed E-state index contributed by atoms with van der Waals surface area (Å²) in [6.07, 6.45) is 5.10. The van der Waals surface area contributed by atoms with E-state index in [1.54, 1.807) is 10.9 Å². The first-order chi connectivity index (χ1) is 12.7. The molecule has 0 radical (unpaired) electrons. The summed E-state index contributed by atoms with van der Waals surface area (Å²) in [4.78, 5) is 14.6. The van der Waals surface area contributed by atoms with Crippen molar-refractivity contribution in [3.05, 3.63) is 36.5 Å². The molecule has 3 N–H and O–H groups in total. The Kier molecular flexibility index (Phi) is 6.25. The summed E-state index contributed by atoms with van der Waals surface area (Å²) >= 11 is 0. The van der Waals surface area contributed by atoms with E-state index in [2.05, 4.69) is 20.6 Å². The van der Waals surface area contributed by atoms with E-state index in [0.29, 0.717) is 12.4 Å². The molecule has 1 aliphatic heterocycles. The summed E-state index contributed by atoms with van der Waals surface area (Å²) in [5.74, 6) is 0.667. The molecule has 7 heteroatoms. The number of hydrogen-bond donors (Lipinski definition) is 3. The third kappa shape index (κ3) is 4.42. The molecule has 2 heterocycles. The van der Waals surface area contributed by atoms with Crippen LogP contribution in [0.1, 0.15) is 19.3 Å². The standard InChI is InChI=1S/C19H27N5O2/c1-23-18(17(13-21-23)15-7-3-2-4-8-15)22-19(26)20-10-12-24-11-6-5-9-16(24)14-25/h2-4,7-8,13,16,25H,5-6,9-12,14H2,1H3,(H2,20,22,26). The van der Waals surface area contributed by atoms with Gasteiger partial charge < -0.3 is 10.4 Å². The molecule has 1 aromatic heterocycles. The maximum Gasteiger partial charge on any atom is 0.320 e. The fraction of sp³-hybridized carbons (Fsp3) is 0.474. The van der Waals surface area contributed by atoms with Crippen LogP contribution in [0.4, 0.5) is 10.6 Å². The second-order valence-electron chi connectivity index (χ2n) is 6.65. The number of likely N-dealkylation sites (tertiary alicyclic amines) is 1. The van der Waals surface area contributed by atoms with Gasteiger partial charge in [0.1, 0.15) is 5.82 Å². The number of aliphatic hydroxyl groups excluding tert-OH is 1. The third-order valence-corrected chi connectivity index (χ3v) is 4.90. The van der Waals surface area contributed by atoms with Crippen molar-refractivity contribution >= 4 is 11.8 Å². The molecule has 140 valence electrons. The molecule has 1 aliphatic rings. The second-order valence-corrected chi connectivity index (χ2v) is 6.65. The lowest BCUT2D eigenvalue weighted by atomic mass is 10.0. The number of nitrogens with zero attached hydrogens (tertiary/aromatic N) is 3. The van der Waals surface area contributed by atoms with E-state index in [0.717, 1.165) is 37.1 Å². The van der Waals surface area contributed by atoms with E-state index in [9.17, 15) is 9.90 Å². The van der Waals surface area contributed by atoms with Crippen LogP contribution in [-0.4, -0.2) is 58.1 Å². The number of hydrogen-bond acceptors (Lipinski definition) is 4. The summed E-state index contributed by atoms with van der Waals surface area (Å²) in [7, 11) is 1.81. The summed E-state index contributed by atoms with van der Waals surface area (Å²) in [6, 6.07) is 9.83. The van der Waals surface area contributed by atoms with Crippen LogP contribution in [0, 0.1) is 0 Å². The molecule has 1 atom stereocenters. The van der Waals surface area contributed by atoms with E-state index >= 15 is 0 Å². The SMILES string of the molecule is Cn1ncc(-c2ccccc2)c1NC(=O)NCCN1CCCCC1CO. The van der Waals surface area contributed by atoms with Crippen molar-refractivity contribution in [1.29, 1.82) is 0 Å². The first kappa shape index (κ1) is 18.4. The number of carbonyl (C=O) groups excluding carboxylic acids is 1. The highest BCUT2D eigenvalue weighted by molar-refractivity contribution is 5.93. The van der Waals surface area contributed by atoms with Crippen LogP contribution in [-0.2, 0) is 7.05 Å². The topological polar surface area (TPSA) is 82.4 Å². The Hall–Kier alpha value is -2.38. The van der Waals surface area contributed by atoms with Crippen LogP contribution in [0.5, 0.6) is 0 Å². The third-order valence-electron chi connectivity index (χ3n) is 4.90. The second kappa shape index (κ2) is 8.82. The van der Waals surface area contributed by atoms with Crippen molar-refractivity contribution in [3.8, 4) is 11.1 Å². The van der Waals surface area contributed by atoms with Crippen LogP contribution >= 0.6 is 0 Å². The number of aromatic nitrogens is 2. The maximum atomic E-state index is 12.3. The average molecular weight is 357 g/mol. The molecule has 2 aromatic rings. The zero-order chi connectivity index (χ0) is 18.4. The smallest absolute Gasteiger partial charge is 0.320 e. The first-order valence-corrected chi connectivity index (χ1v) is 9.16. The number of urea groups is 1. The molecule has 3 rings (SSSR count). The van der Waals surface area contributed by atoms with E-state index in [1.165, 1.54) is 6.42 Å². The molecule has 2 amide bonds. The van der Waals surface area contributed by atoms with Crippen LogP contribution < -0.4 is 10.6 Å². The van der Waals surface area contributed by atoms with Crippen molar-refractivity contribution in [2.24, 2.45) is 7.05 Å². The number of rotatable bonds is 6. The van der Waals surface area contributed by atoms with Gasteiger partial charge in [0.2, 0.25) is 0 Å². The molecule has 0 bridgehead atoms. The van der Waals surface area contributed by atoms with Crippen molar-refractivity contribution in [3.63, 3.8) is 0 Å². The molecule has 26 heavy (non-hydrogen) atoms. The van der Waals surface area contributed by atoms with E-state index in [4.69, 9.17) is 0 Å². The van der Waals surface area contributed by atoms with Crippen molar-refractivity contribution < 1.29 is 9.90 Å². The minimum atomic E-state index is -0.247. The van der Waals surface area contributed by atoms with Crippen LogP contribution in [0.2, 0.25) is 0 Å². The predicted octanol–water partition coefficient (Wildman–Crippen LogP) is 2.06. The van der Waals surface area contributed by atoms with Crippen LogP contribution in [0.25, 0.3) is 11.1 Å². The molecule has 1 unspecified atom stereocenters. The lowest BCUT2D eigenvalue weighted by Crippen LogP contribution is -2.46. The van der Waals surface area contributed by atoms with Gasteiger partial charge in [0.05, 0.1) is 12.8 Å². The van der Waals surface area contributed by atoms with Crippen molar-refractivity contribution in [2.45, 2.75) is 25.3 Å². The summed E-state index contributed by atoms with van der Waals surface area (Å²) in [5.41, 5.74) is 1.90. The zero-order valence-electron chi connectivity index (χ0n) is 15.2. The minimum Gasteiger partial charge on any atom is -0.395 e. The summed E-state index contributed by atoms with van der Waals surface area (Å²) < 4.78 is 1.66. The van der Waals surface area contributed by atoms with E-state index in [-0.39, 0.29) is 18.7 Å². The molecule has 1 saturated heterocycles. The van der Waals surface area contributed by atoms with Gasteiger partial charge in [0.15, 0.2) is 0 Å². The number of benzene rings is 1. The molecule has 0 saturated carbocycles. The Morgan fingerprint density at radius 2 is 2.12 bits per heavy atom. The van der Waals surface area contributed by atoms with Gasteiger partial charge in [-0.25, -0.2) is 4.79 Å². The number of carbonyl (C=O) groups is 1. The minimum absolute atomic E-state index is 0.182. The van der Waals surface area contributed by atoms with Gasteiger partial charge in [-0.1, -0.05) is 36.8 Å². The molecule has 7 nitrogen and oxygen atoms in total. The molecule has 0 spiro atoms. The molecule has 1 aromatic carbocycles. The summed E-state index contributed by atoms with van der Waals surface area (Å²) in [5, 5.41) is 19.5. The van der Waals surface area contributed by atoms with Gasteiger partial charge in [0, 0.05) is 31.7 Å². The van der Waals surface area contributed by atoms with Gasteiger partial charge in [-0.2, -0.15) is 5.10 Å². The monoisotopic (exact) mass is 357 g/mol. The van der Waals surface area contributed by atoms with Gasteiger partial charge in [0.25, 0.3) is 0 Å². The normalized spacial score (nSPS) is 17.8. The molecular formula is C19H27N5O2. The van der Waals surface area contributed by atoms with Gasteiger partial charge in [-0.15, -0.1) is 0 Å².